The maximum atomic E-state index is 8.77. The number of thioether (sulfide) groups is 1. The number of aryl methyl sites for hydroxylation is 1. The molecule has 0 heterocycles. The second-order valence-corrected chi connectivity index (χ2v) is 5.21. The van der Waals surface area contributed by atoms with E-state index in [-0.39, 0.29) is 0 Å². The molecule has 0 radical (unpaired) electrons. The van der Waals surface area contributed by atoms with E-state index in [1.165, 1.54) is 11.1 Å². The first-order valence-corrected chi connectivity index (χ1v) is 6.51. The summed E-state index contributed by atoms with van der Waals surface area (Å²) in [6, 6.07) is 8.09. The van der Waals surface area contributed by atoms with Crippen molar-refractivity contribution in [3.05, 3.63) is 34.9 Å². The van der Waals surface area contributed by atoms with Crippen molar-refractivity contribution < 1.29 is 0 Å². The van der Waals surface area contributed by atoms with E-state index in [9.17, 15) is 0 Å². The minimum Gasteiger partial charge on any atom is -0.309 e. The predicted octanol–water partition coefficient (Wildman–Crippen LogP) is 2.66. The van der Waals surface area contributed by atoms with E-state index in [2.05, 4.69) is 38.1 Å². The average molecular weight is 234 g/mol. The zero-order valence-corrected chi connectivity index (χ0v) is 11.0. The standard InChI is InChI=1S/C13H18N2S/c1-11-8-12(9-14)4-5-13(11)10-16-7-6-15(2)3/h4-5,8H,6-7,10H2,1-3H3. The van der Waals surface area contributed by atoms with Gasteiger partial charge in [-0.25, -0.2) is 0 Å². The number of hydrogen-bond acceptors (Lipinski definition) is 3. The van der Waals surface area contributed by atoms with Crippen molar-refractivity contribution in [1.29, 1.82) is 5.26 Å². The van der Waals surface area contributed by atoms with Crippen molar-refractivity contribution >= 4 is 11.8 Å². The van der Waals surface area contributed by atoms with Gasteiger partial charge in [0.25, 0.3) is 0 Å². The summed E-state index contributed by atoms with van der Waals surface area (Å²) in [4.78, 5) is 2.19. The Morgan fingerprint density at radius 1 is 1.38 bits per heavy atom. The van der Waals surface area contributed by atoms with Crippen LogP contribution in [0.1, 0.15) is 16.7 Å². The number of nitrogens with zero attached hydrogens (tertiary/aromatic N) is 2. The lowest BCUT2D eigenvalue weighted by Gasteiger charge is -2.09. The van der Waals surface area contributed by atoms with Gasteiger partial charge in [0.2, 0.25) is 0 Å². The van der Waals surface area contributed by atoms with Crippen molar-refractivity contribution in [2.75, 3.05) is 26.4 Å². The molecule has 3 heteroatoms. The monoisotopic (exact) mass is 234 g/mol. The molecule has 0 aromatic heterocycles. The number of hydrogen-bond donors (Lipinski definition) is 0. The molecule has 0 atom stereocenters. The summed E-state index contributed by atoms with van der Waals surface area (Å²) in [6.45, 7) is 3.18. The van der Waals surface area contributed by atoms with Crippen molar-refractivity contribution in [3.8, 4) is 6.07 Å². The average Bonchev–Trinajstić information content (AvgIpc) is 2.25. The summed E-state index contributed by atoms with van der Waals surface area (Å²) in [6.07, 6.45) is 0. The molecule has 1 rings (SSSR count). The van der Waals surface area contributed by atoms with Crippen LogP contribution < -0.4 is 0 Å². The minimum atomic E-state index is 0.750. The highest BCUT2D eigenvalue weighted by molar-refractivity contribution is 7.98. The highest BCUT2D eigenvalue weighted by Gasteiger charge is 2.00. The molecule has 1 aromatic carbocycles. The summed E-state index contributed by atoms with van der Waals surface area (Å²) in [5.74, 6) is 2.18. The summed E-state index contributed by atoms with van der Waals surface area (Å²) in [5.41, 5.74) is 3.30. The third-order valence-electron chi connectivity index (χ3n) is 2.41. The Morgan fingerprint density at radius 3 is 2.69 bits per heavy atom. The van der Waals surface area contributed by atoms with Crippen LogP contribution in [0.3, 0.4) is 0 Å². The van der Waals surface area contributed by atoms with Gasteiger partial charge in [0.1, 0.15) is 0 Å². The van der Waals surface area contributed by atoms with Crippen LogP contribution in [0.25, 0.3) is 0 Å². The van der Waals surface area contributed by atoms with E-state index in [0.717, 1.165) is 23.6 Å². The fourth-order valence-corrected chi connectivity index (χ4v) is 2.54. The van der Waals surface area contributed by atoms with Gasteiger partial charge in [0, 0.05) is 18.1 Å². The molecule has 2 nitrogen and oxygen atoms in total. The van der Waals surface area contributed by atoms with Crippen LogP contribution in [0, 0.1) is 18.3 Å². The minimum absolute atomic E-state index is 0.750. The molecule has 0 fully saturated rings. The predicted molar refractivity (Wildman–Crippen MR) is 70.6 cm³/mol. The van der Waals surface area contributed by atoms with E-state index < -0.39 is 0 Å². The Kier molecular flexibility index (Phi) is 5.37. The first-order chi connectivity index (χ1) is 7.63. The summed E-state index contributed by atoms with van der Waals surface area (Å²) in [7, 11) is 4.18. The first-order valence-electron chi connectivity index (χ1n) is 5.35. The van der Waals surface area contributed by atoms with Crippen LogP contribution in [0.5, 0.6) is 0 Å². The zero-order chi connectivity index (χ0) is 12.0. The molecule has 0 saturated carbocycles. The zero-order valence-electron chi connectivity index (χ0n) is 10.2. The molecule has 0 unspecified atom stereocenters. The van der Waals surface area contributed by atoms with Gasteiger partial charge in [0.05, 0.1) is 11.6 Å². The van der Waals surface area contributed by atoms with Gasteiger partial charge in [-0.15, -0.1) is 0 Å². The van der Waals surface area contributed by atoms with Crippen LogP contribution >= 0.6 is 11.8 Å². The molecule has 0 saturated heterocycles. The second kappa shape index (κ2) is 6.57. The van der Waals surface area contributed by atoms with E-state index >= 15 is 0 Å². The van der Waals surface area contributed by atoms with Gasteiger partial charge in [-0.2, -0.15) is 17.0 Å². The molecule has 0 aliphatic carbocycles. The first kappa shape index (κ1) is 13.1. The van der Waals surface area contributed by atoms with Crippen molar-refractivity contribution in [3.63, 3.8) is 0 Å². The van der Waals surface area contributed by atoms with Crippen LogP contribution in [-0.4, -0.2) is 31.3 Å². The lowest BCUT2D eigenvalue weighted by molar-refractivity contribution is 0.437. The third-order valence-corrected chi connectivity index (χ3v) is 3.40. The fourth-order valence-electron chi connectivity index (χ4n) is 1.36. The van der Waals surface area contributed by atoms with Crippen LogP contribution in [0.4, 0.5) is 0 Å². The fraction of sp³-hybridized carbons (Fsp3) is 0.462. The summed E-state index contributed by atoms with van der Waals surface area (Å²) in [5, 5.41) is 8.77. The Morgan fingerprint density at radius 2 is 2.12 bits per heavy atom. The molecule has 0 bridgehead atoms. The molecule has 0 N–H and O–H groups in total. The molecule has 0 amide bonds. The molecule has 0 aliphatic heterocycles. The Balaban J connectivity index is 2.46. The lowest BCUT2D eigenvalue weighted by atomic mass is 10.1. The van der Waals surface area contributed by atoms with Gasteiger partial charge in [-0.05, 0) is 44.3 Å². The maximum absolute atomic E-state index is 8.77. The topological polar surface area (TPSA) is 27.0 Å². The van der Waals surface area contributed by atoms with Gasteiger partial charge >= 0.3 is 0 Å². The summed E-state index contributed by atoms with van der Waals surface area (Å²) >= 11 is 1.94. The van der Waals surface area contributed by atoms with E-state index in [1.54, 1.807) is 0 Å². The molecule has 86 valence electrons. The summed E-state index contributed by atoms with van der Waals surface area (Å²) < 4.78 is 0. The molecular weight excluding hydrogens is 216 g/mol. The van der Waals surface area contributed by atoms with Gasteiger partial charge < -0.3 is 4.90 Å². The van der Waals surface area contributed by atoms with E-state index in [0.29, 0.717) is 0 Å². The molecule has 1 aromatic rings. The Bertz CT molecular complexity index is 380. The maximum Gasteiger partial charge on any atom is 0.0991 e. The second-order valence-electron chi connectivity index (χ2n) is 4.11. The number of nitriles is 1. The van der Waals surface area contributed by atoms with Crippen LogP contribution in [0.15, 0.2) is 18.2 Å². The lowest BCUT2D eigenvalue weighted by Crippen LogP contribution is -2.14. The molecular formula is C13H18N2S. The molecule has 0 aliphatic rings. The third kappa shape index (κ3) is 4.26. The van der Waals surface area contributed by atoms with E-state index in [1.807, 2.05) is 23.9 Å². The Hall–Kier alpha value is -0.980. The molecule has 16 heavy (non-hydrogen) atoms. The molecule has 0 spiro atoms. The highest BCUT2D eigenvalue weighted by Crippen LogP contribution is 2.17. The van der Waals surface area contributed by atoms with Gasteiger partial charge in [0.15, 0.2) is 0 Å². The van der Waals surface area contributed by atoms with Crippen LogP contribution in [-0.2, 0) is 5.75 Å². The van der Waals surface area contributed by atoms with Crippen molar-refractivity contribution in [1.82, 2.24) is 4.90 Å². The normalized spacial score (nSPS) is 10.4. The Labute approximate surface area is 102 Å². The van der Waals surface area contributed by atoms with Crippen molar-refractivity contribution in [2.24, 2.45) is 0 Å². The SMILES string of the molecule is Cc1cc(C#N)ccc1CSCCN(C)C. The van der Waals surface area contributed by atoms with Crippen LogP contribution in [0.2, 0.25) is 0 Å². The smallest absolute Gasteiger partial charge is 0.0991 e. The van der Waals surface area contributed by atoms with E-state index in [4.69, 9.17) is 5.26 Å². The van der Waals surface area contributed by atoms with Crippen molar-refractivity contribution in [2.45, 2.75) is 12.7 Å². The van der Waals surface area contributed by atoms with Gasteiger partial charge in [-0.1, -0.05) is 6.07 Å². The van der Waals surface area contributed by atoms with Gasteiger partial charge in [-0.3, -0.25) is 0 Å². The highest BCUT2D eigenvalue weighted by atomic mass is 32.2. The number of rotatable bonds is 5. The largest absolute Gasteiger partial charge is 0.309 e. The number of benzene rings is 1. The quantitative estimate of drug-likeness (QED) is 0.733.